The van der Waals surface area contributed by atoms with Gasteiger partial charge >= 0.3 is 5.97 Å². The molecule has 2 aromatic heterocycles. The molecule has 0 aliphatic heterocycles. The summed E-state index contributed by atoms with van der Waals surface area (Å²) in [7, 11) is 0. The first-order valence-corrected chi connectivity index (χ1v) is 6.85. The van der Waals surface area contributed by atoms with E-state index in [1.807, 2.05) is 26.0 Å². The van der Waals surface area contributed by atoms with Crippen molar-refractivity contribution in [3.05, 3.63) is 46.5 Å². The highest BCUT2D eigenvalue weighted by Crippen LogP contribution is 2.25. The minimum absolute atomic E-state index is 0.0176. The summed E-state index contributed by atoms with van der Waals surface area (Å²) >= 11 is 1.54. The summed E-state index contributed by atoms with van der Waals surface area (Å²) in [6, 6.07) is 5.79. The molecular weight excluding hydrogens is 262 g/mol. The number of aryl methyl sites for hydroxylation is 3. The van der Waals surface area contributed by atoms with Crippen LogP contribution in [0.1, 0.15) is 33.1 Å². The van der Waals surface area contributed by atoms with Crippen LogP contribution in [-0.4, -0.2) is 16.1 Å². The van der Waals surface area contributed by atoms with Crippen molar-refractivity contribution in [1.29, 1.82) is 0 Å². The van der Waals surface area contributed by atoms with Crippen molar-refractivity contribution in [2.45, 2.75) is 31.6 Å². The number of furan rings is 1. The lowest BCUT2D eigenvalue weighted by Gasteiger charge is -2.02. The molecule has 100 valence electrons. The number of carboxylic acids is 1. The van der Waals surface area contributed by atoms with Crippen molar-refractivity contribution in [3.63, 3.8) is 0 Å². The molecule has 0 aliphatic rings. The molecule has 0 spiro atoms. The van der Waals surface area contributed by atoms with E-state index in [9.17, 15) is 4.79 Å². The zero-order valence-corrected chi connectivity index (χ0v) is 11.9. The van der Waals surface area contributed by atoms with Crippen LogP contribution in [0.5, 0.6) is 0 Å². The maximum Gasteiger partial charge on any atom is 0.372 e. The minimum Gasteiger partial charge on any atom is -0.475 e. The Balaban J connectivity index is 2.10. The molecule has 19 heavy (non-hydrogen) atoms. The number of hydrogen-bond acceptors (Lipinski definition) is 4. The molecule has 2 rings (SSSR count). The van der Waals surface area contributed by atoms with Crippen LogP contribution in [0.4, 0.5) is 0 Å². The Morgan fingerprint density at radius 1 is 1.32 bits per heavy atom. The summed E-state index contributed by atoms with van der Waals surface area (Å²) in [6.45, 7) is 5.71. The van der Waals surface area contributed by atoms with E-state index in [2.05, 4.69) is 4.98 Å². The molecule has 0 fully saturated rings. The zero-order valence-electron chi connectivity index (χ0n) is 11.1. The van der Waals surface area contributed by atoms with Crippen molar-refractivity contribution in [1.82, 2.24) is 4.98 Å². The summed E-state index contributed by atoms with van der Waals surface area (Å²) in [5.74, 6) is 0.215. The molecule has 0 atom stereocenters. The van der Waals surface area contributed by atoms with Crippen LogP contribution in [0.15, 0.2) is 27.6 Å². The number of carbonyl (C=O) groups is 1. The van der Waals surface area contributed by atoms with E-state index >= 15 is 0 Å². The lowest BCUT2D eigenvalue weighted by atomic mass is 10.3. The highest BCUT2D eigenvalue weighted by atomic mass is 32.2. The first kappa shape index (κ1) is 13.7. The summed E-state index contributed by atoms with van der Waals surface area (Å²) in [5, 5.41) is 9.84. The van der Waals surface area contributed by atoms with Crippen LogP contribution in [0.25, 0.3) is 0 Å². The molecule has 0 radical (unpaired) electrons. The molecule has 0 aliphatic carbocycles. The van der Waals surface area contributed by atoms with Gasteiger partial charge in [-0.25, -0.2) is 9.78 Å². The van der Waals surface area contributed by atoms with Crippen LogP contribution >= 0.6 is 11.8 Å². The Bertz CT molecular complexity index is 599. The third-order valence-corrected chi connectivity index (χ3v) is 3.53. The molecule has 5 heteroatoms. The van der Waals surface area contributed by atoms with Crippen molar-refractivity contribution < 1.29 is 14.3 Å². The van der Waals surface area contributed by atoms with Crippen molar-refractivity contribution in [2.75, 3.05) is 0 Å². The fourth-order valence-corrected chi connectivity index (χ4v) is 2.76. The van der Waals surface area contributed by atoms with Gasteiger partial charge in [0.25, 0.3) is 0 Å². The number of aromatic carboxylic acids is 1. The second-order valence-corrected chi connectivity index (χ2v) is 5.44. The third kappa shape index (κ3) is 3.38. The summed E-state index contributed by atoms with van der Waals surface area (Å²) in [6.07, 6.45) is 0. The maximum absolute atomic E-state index is 10.9. The molecule has 0 saturated carbocycles. The Morgan fingerprint density at radius 2 is 2.05 bits per heavy atom. The molecule has 0 saturated heterocycles. The maximum atomic E-state index is 10.9. The van der Waals surface area contributed by atoms with Gasteiger partial charge in [-0.2, -0.15) is 0 Å². The molecule has 0 amide bonds. The summed E-state index contributed by atoms with van der Waals surface area (Å²) < 4.78 is 5.31. The second-order valence-electron chi connectivity index (χ2n) is 4.44. The van der Waals surface area contributed by atoms with Crippen molar-refractivity contribution in [2.24, 2.45) is 0 Å². The van der Waals surface area contributed by atoms with Gasteiger partial charge in [0.2, 0.25) is 5.76 Å². The number of thioether (sulfide) groups is 1. The van der Waals surface area contributed by atoms with Gasteiger partial charge in [-0.3, -0.25) is 0 Å². The van der Waals surface area contributed by atoms with E-state index in [4.69, 9.17) is 9.52 Å². The fraction of sp³-hybridized carbons (Fsp3) is 0.286. The predicted octanol–water partition coefficient (Wildman–Crippen LogP) is 3.59. The average molecular weight is 277 g/mol. The number of nitrogens with zero attached hydrogens (tertiary/aromatic N) is 1. The monoisotopic (exact) mass is 277 g/mol. The Kier molecular flexibility index (Phi) is 3.95. The van der Waals surface area contributed by atoms with Gasteiger partial charge in [0.1, 0.15) is 5.76 Å². The lowest BCUT2D eigenvalue weighted by molar-refractivity contribution is 0.0659. The van der Waals surface area contributed by atoms with E-state index in [-0.39, 0.29) is 5.76 Å². The number of pyridine rings is 1. The Hall–Kier alpha value is -1.75. The second kappa shape index (κ2) is 5.48. The zero-order chi connectivity index (χ0) is 14.0. The predicted molar refractivity (Wildman–Crippen MR) is 73.7 cm³/mol. The van der Waals surface area contributed by atoms with Crippen LogP contribution in [0, 0.1) is 20.8 Å². The van der Waals surface area contributed by atoms with Crippen LogP contribution < -0.4 is 0 Å². The SMILES string of the molecule is Cc1cc(C)nc(SCc2cc(C)c(C(=O)O)o2)c1. The summed E-state index contributed by atoms with van der Waals surface area (Å²) in [4.78, 5) is 15.3. The number of rotatable bonds is 4. The standard InChI is InChI=1S/C14H15NO3S/c1-8-4-10(3)15-12(5-8)19-7-11-6-9(2)13(18-11)14(16)17/h4-6H,7H2,1-3H3,(H,16,17). The van der Waals surface area contributed by atoms with E-state index in [1.54, 1.807) is 13.0 Å². The van der Waals surface area contributed by atoms with Gasteiger partial charge in [0, 0.05) is 11.3 Å². The van der Waals surface area contributed by atoms with Gasteiger partial charge in [0.05, 0.1) is 10.8 Å². The molecule has 4 nitrogen and oxygen atoms in total. The van der Waals surface area contributed by atoms with Crippen LogP contribution in [-0.2, 0) is 5.75 Å². The Morgan fingerprint density at radius 3 is 2.63 bits per heavy atom. The van der Waals surface area contributed by atoms with E-state index in [0.29, 0.717) is 17.1 Å². The normalized spacial score (nSPS) is 10.7. The van der Waals surface area contributed by atoms with E-state index < -0.39 is 5.97 Å². The van der Waals surface area contributed by atoms with E-state index in [0.717, 1.165) is 16.3 Å². The highest BCUT2D eigenvalue weighted by Gasteiger charge is 2.14. The lowest BCUT2D eigenvalue weighted by Crippen LogP contribution is -1.94. The number of carboxylic acid groups (broad SMARTS) is 1. The first-order valence-electron chi connectivity index (χ1n) is 5.86. The molecule has 2 heterocycles. The van der Waals surface area contributed by atoms with Gasteiger partial charge in [0.15, 0.2) is 0 Å². The molecule has 0 aromatic carbocycles. The van der Waals surface area contributed by atoms with Crippen LogP contribution in [0.3, 0.4) is 0 Å². The Labute approximate surface area is 115 Å². The third-order valence-electron chi connectivity index (χ3n) is 2.60. The molecular formula is C14H15NO3S. The highest BCUT2D eigenvalue weighted by molar-refractivity contribution is 7.98. The van der Waals surface area contributed by atoms with Gasteiger partial charge in [-0.1, -0.05) is 11.8 Å². The largest absolute Gasteiger partial charge is 0.475 e. The van der Waals surface area contributed by atoms with Gasteiger partial charge in [-0.05, 0) is 44.5 Å². The molecule has 1 N–H and O–H groups in total. The minimum atomic E-state index is -1.03. The van der Waals surface area contributed by atoms with Crippen molar-refractivity contribution in [3.8, 4) is 0 Å². The molecule has 2 aromatic rings. The van der Waals surface area contributed by atoms with E-state index in [1.165, 1.54) is 11.8 Å². The topological polar surface area (TPSA) is 63.3 Å². The molecule has 0 bridgehead atoms. The van der Waals surface area contributed by atoms with Crippen molar-refractivity contribution >= 4 is 17.7 Å². The number of aromatic nitrogens is 1. The van der Waals surface area contributed by atoms with Gasteiger partial charge in [-0.15, -0.1) is 0 Å². The fourth-order valence-electron chi connectivity index (χ4n) is 1.85. The first-order chi connectivity index (χ1) is 8.95. The average Bonchev–Trinajstić information content (AvgIpc) is 2.67. The molecule has 0 unspecified atom stereocenters. The number of hydrogen-bond donors (Lipinski definition) is 1. The summed E-state index contributed by atoms with van der Waals surface area (Å²) in [5.41, 5.74) is 2.79. The smallest absolute Gasteiger partial charge is 0.372 e. The quantitative estimate of drug-likeness (QED) is 0.865. The van der Waals surface area contributed by atoms with Gasteiger partial charge < -0.3 is 9.52 Å². The van der Waals surface area contributed by atoms with Crippen LogP contribution in [0.2, 0.25) is 0 Å².